The maximum atomic E-state index is 11.8. The number of Topliss-reactive ketones (excluding diaryl/α,β-unsaturated/α-hetero) is 1. The van der Waals surface area contributed by atoms with Gasteiger partial charge in [0.25, 0.3) is 0 Å². The predicted molar refractivity (Wildman–Crippen MR) is 79.6 cm³/mol. The summed E-state index contributed by atoms with van der Waals surface area (Å²) >= 11 is 0. The van der Waals surface area contributed by atoms with Crippen molar-refractivity contribution in [2.45, 2.75) is 6.61 Å². The first-order chi connectivity index (χ1) is 10.7. The highest BCUT2D eigenvalue weighted by Crippen LogP contribution is 2.12. The van der Waals surface area contributed by atoms with E-state index in [9.17, 15) is 9.59 Å². The number of carbonyl (C=O) groups is 2. The van der Waals surface area contributed by atoms with Crippen molar-refractivity contribution in [2.24, 2.45) is 0 Å². The highest BCUT2D eigenvalue weighted by Gasteiger charge is 2.10. The average molecular weight is 300 g/mol. The number of rotatable bonds is 7. The molecular weight excluding hydrogens is 284 g/mol. The number of benzene rings is 2. The minimum Gasteiger partial charge on any atom is -0.482 e. The molecule has 1 N–H and O–H groups in total. The van der Waals surface area contributed by atoms with Crippen molar-refractivity contribution in [3.63, 3.8) is 0 Å². The maximum absolute atomic E-state index is 11.8. The molecule has 0 spiro atoms. The van der Waals surface area contributed by atoms with Gasteiger partial charge in [-0.05, 0) is 17.7 Å². The topological polar surface area (TPSA) is 72.8 Å². The van der Waals surface area contributed by atoms with Gasteiger partial charge < -0.3 is 14.6 Å². The lowest BCUT2D eigenvalue weighted by atomic mass is 10.1. The van der Waals surface area contributed by atoms with Crippen LogP contribution in [0.25, 0.3) is 0 Å². The summed E-state index contributed by atoms with van der Waals surface area (Å²) in [5.74, 6) is -0.389. The number of carbonyl (C=O) groups excluding carboxylic acids is 2. The van der Waals surface area contributed by atoms with Gasteiger partial charge in [0.05, 0.1) is 6.61 Å². The van der Waals surface area contributed by atoms with Crippen LogP contribution >= 0.6 is 0 Å². The third-order valence-electron chi connectivity index (χ3n) is 2.92. The summed E-state index contributed by atoms with van der Waals surface area (Å²) in [4.78, 5) is 23.3. The van der Waals surface area contributed by atoms with Crippen LogP contribution < -0.4 is 4.74 Å². The molecule has 0 aliphatic carbocycles. The summed E-state index contributed by atoms with van der Waals surface area (Å²) in [5, 5.41) is 8.92. The molecule has 5 heteroatoms. The summed E-state index contributed by atoms with van der Waals surface area (Å²) in [6, 6.07) is 15.3. The van der Waals surface area contributed by atoms with Crippen molar-refractivity contribution in [1.82, 2.24) is 0 Å². The molecule has 0 unspecified atom stereocenters. The monoisotopic (exact) mass is 300 g/mol. The normalized spacial score (nSPS) is 10.0. The zero-order valence-corrected chi connectivity index (χ0v) is 11.9. The molecule has 2 aromatic rings. The Balaban J connectivity index is 1.74. The Bertz CT molecular complexity index is 619. The largest absolute Gasteiger partial charge is 0.482 e. The van der Waals surface area contributed by atoms with E-state index >= 15 is 0 Å². The van der Waals surface area contributed by atoms with Crippen LogP contribution in [0.5, 0.6) is 5.75 Å². The molecule has 0 aliphatic heterocycles. The second-order valence-corrected chi connectivity index (χ2v) is 4.54. The van der Waals surface area contributed by atoms with Gasteiger partial charge in [0.2, 0.25) is 0 Å². The molecule has 0 heterocycles. The number of aliphatic hydroxyl groups excluding tert-OH is 1. The highest BCUT2D eigenvalue weighted by atomic mass is 16.6. The number of hydrogen-bond donors (Lipinski definition) is 1. The lowest BCUT2D eigenvalue weighted by Gasteiger charge is -2.07. The molecule has 5 nitrogen and oxygen atoms in total. The Morgan fingerprint density at radius 3 is 2.23 bits per heavy atom. The van der Waals surface area contributed by atoms with Gasteiger partial charge in [0, 0.05) is 5.56 Å². The van der Waals surface area contributed by atoms with Gasteiger partial charge in [-0.15, -0.1) is 0 Å². The fraction of sp³-hybridized carbons (Fsp3) is 0.176. The Morgan fingerprint density at radius 2 is 1.59 bits per heavy atom. The van der Waals surface area contributed by atoms with Crippen molar-refractivity contribution < 1.29 is 24.2 Å². The van der Waals surface area contributed by atoms with Gasteiger partial charge in [0.15, 0.2) is 19.0 Å². The Labute approximate surface area is 128 Å². The average Bonchev–Trinajstić information content (AvgIpc) is 2.59. The number of aliphatic hydroxyl groups is 1. The van der Waals surface area contributed by atoms with Crippen LogP contribution in [-0.4, -0.2) is 30.1 Å². The first-order valence-electron chi connectivity index (χ1n) is 6.75. The smallest absolute Gasteiger partial charge is 0.344 e. The van der Waals surface area contributed by atoms with Gasteiger partial charge >= 0.3 is 5.97 Å². The molecule has 0 bridgehead atoms. The van der Waals surface area contributed by atoms with Crippen LogP contribution in [0.2, 0.25) is 0 Å². The summed E-state index contributed by atoms with van der Waals surface area (Å²) in [5.41, 5.74) is 1.25. The first kappa shape index (κ1) is 15.7. The first-order valence-corrected chi connectivity index (χ1v) is 6.75. The van der Waals surface area contributed by atoms with Crippen LogP contribution in [0.15, 0.2) is 54.6 Å². The molecular formula is C17H16O5. The van der Waals surface area contributed by atoms with Crippen molar-refractivity contribution in [2.75, 3.05) is 13.2 Å². The minimum absolute atomic E-state index is 0.0517. The van der Waals surface area contributed by atoms with Crippen molar-refractivity contribution in [1.29, 1.82) is 0 Å². The molecule has 0 saturated carbocycles. The van der Waals surface area contributed by atoms with E-state index in [-0.39, 0.29) is 25.6 Å². The molecule has 0 radical (unpaired) electrons. The van der Waals surface area contributed by atoms with Crippen molar-refractivity contribution in [3.8, 4) is 5.75 Å². The van der Waals surface area contributed by atoms with E-state index in [1.54, 1.807) is 54.6 Å². The second kappa shape index (κ2) is 7.95. The van der Waals surface area contributed by atoms with Crippen LogP contribution in [-0.2, 0) is 16.1 Å². The zero-order chi connectivity index (χ0) is 15.8. The molecule has 22 heavy (non-hydrogen) atoms. The zero-order valence-electron chi connectivity index (χ0n) is 11.9. The summed E-state index contributed by atoms with van der Waals surface area (Å²) < 4.78 is 10.1. The van der Waals surface area contributed by atoms with Gasteiger partial charge in [-0.25, -0.2) is 4.79 Å². The van der Waals surface area contributed by atoms with Crippen LogP contribution in [0.3, 0.4) is 0 Å². The molecule has 0 aliphatic rings. The standard InChI is InChI=1S/C17H16O5/c18-10-13-6-8-15(9-7-13)21-12-17(20)22-11-16(19)14-4-2-1-3-5-14/h1-9,18H,10-12H2. The SMILES string of the molecule is O=C(COc1ccc(CO)cc1)OCC(=O)c1ccccc1. The predicted octanol–water partition coefficient (Wildman–Crippen LogP) is 1.98. The lowest BCUT2D eigenvalue weighted by Crippen LogP contribution is -2.19. The highest BCUT2D eigenvalue weighted by molar-refractivity contribution is 5.97. The fourth-order valence-corrected chi connectivity index (χ4v) is 1.73. The number of ketones is 1. The Hall–Kier alpha value is -2.66. The van der Waals surface area contributed by atoms with E-state index in [2.05, 4.69) is 0 Å². The maximum Gasteiger partial charge on any atom is 0.344 e. The van der Waals surface area contributed by atoms with E-state index in [1.165, 1.54) is 0 Å². The number of esters is 1. The molecule has 0 aromatic heterocycles. The molecule has 114 valence electrons. The molecule has 0 atom stereocenters. The number of hydrogen-bond acceptors (Lipinski definition) is 5. The third-order valence-corrected chi connectivity index (χ3v) is 2.92. The summed E-state index contributed by atoms with van der Waals surface area (Å²) in [6.45, 7) is -0.639. The third kappa shape index (κ3) is 4.71. The van der Waals surface area contributed by atoms with Crippen molar-refractivity contribution >= 4 is 11.8 Å². The second-order valence-electron chi connectivity index (χ2n) is 4.54. The molecule has 2 rings (SSSR count). The van der Waals surface area contributed by atoms with Gasteiger partial charge in [0.1, 0.15) is 5.75 Å². The molecule has 0 amide bonds. The van der Waals surface area contributed by atoms with Gasteiger partial charge in [-0.3, -0.25) is 4.79 Å². The Morgan fingerprint density at radius 1 is 0.909 bits per heavy atom. The number of ether oxygens (including phenoxy) is 2. The van der Waals surface area contributed by atoms with Crippen LogP contribution in [0.1, 0.15) is 15.9 Å². The van der Waals surface area contributed by atoms with Crippen LogP contribution in [0.4, 0.5) is 0 Å². The van der Waals surface area contributed by atoms with Crippen LogP contribution in [0, 0.1) is 0 Å². The van der Waals surface area contributed by atoms with E-state index in [0.717, 1.165) is 5.56 Å². The van der Waals surface area contributed by atoms with Gasteiger partial charge in [-0.2, -0.15) is 0 Å². The Kier molecular flexibility index (Phi) is 5.68. The molecule has 0 saturated heterocycles. The summed E-state index contributed by atoms with van der Waals surface area (Å²) in [7, 11) is 0. The molecule has 0 fully saturated rings. The van der Waals surface area contributed by atoms with Crippen molar-refractivity contribution in [3.05, 3.63) is 65.7 Å². The van der Waals surface area contributed by atoms with Gasteiger partial charge in [-0.1, -0.05) is 42.5 Å². The quantitative estimate of drug-likeness (QED) is 0.625. The van der Waals surface area contributed by atoms with E-state index in [0.29, 0.717) is 11.3 Å². The van der Waals surface area contributed by atoms with E-state index in [4.69, 9.17) is 14.6 Å². The lowest BCUT2D eigenvalue weighted by molar-refractivity contribution is -0.144. The summed E-state index contributed by atoms with van der Waals surface area (Å²) in [6.07, 6.45) is 0. The van der Waals surface area contributed by atoms with E-state index in [1.807, 2.05) is 0 Å². The fourth-order valence-electron chi connectivity index (χ4n) is 1.73. The molecule has 2 aromatic carbocycles. The minimum atomic E-state index is -0.615. The van der Waals surface area contributed by atoms with E-state index < -0.39 is 5.97 Å².